The van der Waals surface area contributed by atoms with Crippen LogP contribution in [0.25, 0.3) is 0 Å². The molecule has 0 N–H and O–H groups in total. The van der Waals surface area contributed by atoms with Gasteiger partial charge in [-0.3, -0.25) is 0 Å². The van der Waals surface area contributed by atoms with E-state index in [1.54, 1.807) is 0 Å². The van der Waals surface area contributed by atoms with Crippen molar-refractivity contribution in [3.63, 3.8) is 0 Å². The van der Waals surface area contributed by atoms with E-state index in [-0.39, 0.29) is 34.1 Å². The van der Waals surface area contributed by atoms with Crippen LogP contribution in [0.5, 0.6) is 0 Å². The summed E-state index contributed by atoms with van der Waals surface area (Å²) in [5, 5.41) is 0. The van der Waals surface area contributed by atoms with Crippen LogP contribution in [0, 0.1) is 127 Å². The summed E-state index contributed by atoms with van der Waals surface area (Å²) < 4.78 is 15.6. The van der Waals surface area contributed by atoms with Gasteiger partial charge in [0.15, 0.2) is 0 Å². The normalized spacial score (nSPS) is 18.5. The van der Waals surface area contributed by atoms with E-state index in [4.69, 9.17) is 6.03 Å². The average molecular weight is 891 g/mol. The van der Waals surface area contributed by atoms with Crippen molar-refractivity contribution < 1.29 is 49.8 Å². The molecule has 0 amide bonds. The number of benzene rings is 3. The fourth-order valence-corrected chi connectivity index (χ4v) is 18.5. The van der Waals surface area contributed by atoms with Crippen LogP contribution in [0.3, 0.4) is 0 Å². The van der Waals surface area contributed by atoms with Gasteiger partial charge in [-0.1, -0.05) is 0 Å². The van der Waals surface area contributed by atoms with Crippen molar-refractivity contribution in [1.29, 1.82) is 0 Å². The molecule has 7 rings (SSSR count). The second kappa shape index (κ2) is 23.1. The van der Waals surface area contributed by atoms with Crippen molar-refractivity contribution in [3.05, 3.63) is 242 Å². The van der Waals surface area contributed by atoms with Gasteiger partial charge in [0, 0.05) is 0 Å². The van der Waals surface area contributed by atoms with Crippen LogP contribution in [-0.2, 0) is 49.8 Å². The van der Waals surface area contributed by atoms with E-state index in [2.05, 4.69) is 0 Å². The molecule has 53 heavy (non-hydrogen) atoms. The third-order valence-electron chi connectivity index (χ3n) is 8.22. The van der Waals surface area contributed by atoms with Gasteiger partial charge < -0.3 is 0 Å². The topological polar surface area (TPSA) is 52.6 Å². The van der Waals surface area contributed by atoms with E-state index in [1.165, 1.54) is 12.2 Å². The first-order valence-corrected chi connectivity index (χ1v) is 22.6. The van der Waals surface area contributed by atoms with Crippen LogP contribution in [-0.4, -0.2) is 30.2 Å². The zero-order valence-corrected chi connectivity index (χ0v) is 34.3. The largest absolute Gasteiger partial charge is 2.00 e. The fraction of sp³-hybridized carbons (Fsp3) is 0.0435. The molecule has 3 aromatic carbocycles. The molecule has 0 unspecified atom stereocenters. The van der Waals surface area contributed by atoms with Gasteiger partial charge in [0.2, 0.25) is 0 Å². The maximum Gasteiger partial charge on any atom is 2.00 e. The molecule has 0 atom stereocenters. The minimum absolute atomic E-state index is 0. The maximum atomic E-state index is 14.0. The Morgan fingerprint density at radius 2 is 0.660 bits per heavy atom. The van der Waals surface area contributed by atoms with Crippen molar-refractivity contribution in [2.45, 2.75) is 13.8 Å². The number of carbonyl (C=O) groups is 2. The minimum atomic E-state index is -5.93. The van der Waals surface area contributed by atoms with E-state index in [9.17, 15) is 9.59 Å². The summed E-state index contributed by atoms with van der Waals surface area (Å²) >= 11 is -5.93. The maximum absolute atomic E-state index is 14.0. The summed E-state index contributed by atoms with van der Waals surface area (Å²) in [6.07, 6.45) is 38.4. The van der Waals surface area contributed by atoms with Gasteiger partial charge in [0.05, 0.1) is 0 Å². The molecular weight excluding hydrogens is 850 g/mol. The Balaban J connectivity index is 0.000000544. The van der Waals surface area contributed by atoms with Gasteiger partial charge in [-0.2, -0.15) is 0 Å². The Bertz CT molecular complexity index is 1400. The van der Waals surface area contributed by atoms with Gasteiger partial charge >= 0.3 is 282 Å². The standard InChI is InChI=1S/2C9H9O2.3C6H5.2C5H5.2Fe.Sb/c2*1-7(6-9(10)11)8-4-2-3-5-8;3*1-2-4-6-5-3-1;2*1-2-4-5-3-1;;;/h2*2-6H,1H3,(H,10,11);3*1-5H;2*1-5H;;;/q;;;;;;;3*+2/p-2/b2*7-6+;;;;;;;;. The molecule has 4 nitrogen and oxygen atoms in total. The third kappa shape index (κ3) is 12.0. The molecule has 0 aliphatic heterocycles. The zero-order valence-electron chi connectivity index (χ0n) is 29.5. The summed E-state index contributed by atoms with van der Waals surface area (Å²) in [6.45, 7) is 3.73. The molecule has 4 aliphatic rings. The predicted octanol–water partition coefficient (Wildman–Crippen LogP) is 6.93. The van der Waals surface area contributed by atoms with Crippen molar-refractivity contribution in [2.24, 2.45) is 0 Å². The first-order valence-electron chi connectivity index (χ1n) is 16.7. The third-order valence-corrected chi connectivity index (χ3v) is 21.8. The molecule has 0 spiro atoms. The van der Waals surface area contributed by atoms with E-state index in [1.807, 2.05) is 220 Å². The number of rotatable bonds is 9. The van der Waals surface area contributed by atoms with Crippen molar-refractivity contribution in [2.75, 3.05) is 0 Å². The molecule has 4 aliphatic carbocycles. The second-order valence-corrected chi connectivity index (χ2v) is 22.6. The SMILES string of the molecule is C/C(=C\C(=O)[O][Sb]([O]C(=O)/C=C(\C)[C]1[CH][CH][CH][CH]1)([c]1ccccc1)([c]1ccccc1)[c]1ccccc1)[C]1[CH][CH][CH][CH]1.[CH]1[CH][CH][CH][CH]1.[CH]1[CH][CH][CH][CH]1.[Fe+2].[Fe+2]. The van der Waals surface area contributed by atoms with Gasteiger partial charge in [-0.15, -0.1) is 0 Å². The Kier molecular flexibility index (Phi) is 19.8. The van der Waals surface area contributed by atoms with Crippen molar-refractivity contribution in [3.8, 4) is 0 Å². The zero-order chi connectivity index (χ0) is 35.8. The molecule has 0 saturated heterocycles. The van der Waals surface area contributed by atoms with Gasteiger partial charge in [0.1, 0.15) is 0 Å². The Hall–Kier alpha value is -2.06. The van der Waals surface area contributed by atoms with Gasteiger partial charge in [0.25, 0.3) is 0 Å². The monoisotopic (exact) mass is 890 g/mol. The first-order chi connectivity index (χ1) is 24.9. The Morgan fingerprint density at radius 3 is 0.906 bits per heavy atom. The van der Waals surface area contributed by atoms with Gasteiger partial charge in [-0.05, 0) is 64.2 Å². The molecule has 7 heteroatoms. The number of hydrogen-bond acceptors (Lipinski definition) is 4. The smallest absolute Gasteiger partial charge is 0.0312 e. The van der Waals surface area contributed by atoms with E-state index >= 15 is 0 Å². The minimum Gasteiger partial charge on any atom is -0.0312 e. The Morgan fingerprint density at radius 1 is 0.415 bits per heavy atom. The van der Waals surface area contributed by atoms with Crippen LogP contribution in [0.4, 0.5) is 0 Å². The summed E-state index contributed by atoms with van der Waals surface area (Å²) in [6, 6.07) is 28.3. The van der Waals surface area contributed by atoms with E-state index in [0.717, 1.165) is 23.0 Å². The van der Waals surface area contributed by atoms with Crippen LogP contribution < -0.4 is 10.5 Å². The average Bonchev–Trinajstić information content (AvgIpc) is 4.02. The molecule has 266 valence electrons. The fourth-order valence-electron chi connectivity index (χ4n) is 5.71. The molecular formula is C46H41Fe2O4Sb+4. The summed E-state index contributed by atoms with van der Waals surface area (Å²) in [4.78, 5) is 28.0. The number of carbonyl (C=O) groups excluding carboxylic acids is 2. The molecule has 0 aromatic heterocycles. The quantitative estimate of drug-likeness (QED) is 0.173. The molecule has 3 aromatic rings. The molecule has 20 radical (unpaired) electrons. The number of hydrogen-bond donors (Lipinski definition) is 0. The van der Waals surface area contributed by atoms with E-state index < -0.39 is 30.2 Å². The number of allylic oxidation sites excluding steroid dienone is 2. The molecule has 4 saturated carbocycles. The molecule has 0 heterocycles. The van der Waals surface area contributed by atoms with E-state index in [0.29, 0.717) is 10.5 Å². The molecule has 4 fully saturated rings. The van der Waals surface area contributed by atoms with Crippen molar-refractivity contribution >= 4 is 40.7 Å². The summed E-state index contributed by atoms with van der Waals surface area (Å²) in [7, 11) is 0. The van der Waals surface area contributed by atoms with Gasteiger partial charge in [-0.25, -0.2) is 0 Å². The second-order valence-electron chi connectivity index (χ2n) is 11.7. The first kappa shape index (κ1) is 45.3. The predicted molar refractivity (Wildman–Crippen MR) is 208 cm³/mol. The van der Waals surface area contributed by atoms with Crippen LogP contribution in [0.2, 0.25) is 0 Å². The molecule has 0 bridgehead atoms. The van der Waals surface area contributed by atoms with Crippen LogP contribution in [0.1, 0.15) is 13.8 Å². The van der Waals surface area contributed by atoms with Crippen molar-refractivity contribution in [1.82, 2.24) is 0 Å². The van der Waals surface area contributed by atoms with Crippen LogP contribution >= 0.6 is 0 Å². The summed E-state index contributed by atoms with van der Waals surface area (Å²) in [5.74, 6) is 0.679. The summed E-state index contributed by atoms with van der Waals surface area (Å²) in [5.41, 5.74) is 1.50. The Labute approximate surface area is 343 Å². The van der Waals surface area contributed by atoms with Crippen LogP contribution in [0.15, 0.2) is 114 Å².